The predicted molar refractivity (Wildman–Crippen MR) is 115 cm³/mol. The maximum Gasteiger partial charge on any atom is 0.416 e. The third kappa shape index (κ3) is 6.95. The summed E-state index contributed by atoms with van der Waals surface area (Å²) in [5, 5.41) is 0. The van der Waals surface area contributed by atoms with Gasteiger partial charge in [0.05, 0.1) is 23.8 Å². The molecule has 0 unspecified atom stereocenters. The number of methoxy groups -OCH3 is 1. The van der Waals surface area contributed by atoms with E-state index < -0.39 is 60.0 Å². The molecule has 0 saturated carbocycles. The van der Waals surface area contributed by atoms with Crippen LogP contribution in [0.5, 0.6) is 0 Å². The summed E-state index contributed by atoms with van der Waals surface area (Å²) >= 11 is 0. The molecule has 0 fully saturated rings. The van der Waals surface area contributed by atoms with Gasteiger partial charge in [-0.25, -0.2) is 4.79 Å². The molecule has 0 spiro atoms. The first-order chi connectivity index (χ1) is 17.1. The highest BCUT2D eigenvalue weighted by molar-refractivity contribution is 5.71. The predicted octanol–water partition coefficient (Wildman–Crippen LogP) is 8.18. The summed E-state index contributed by atoms with van der Waals surface area (Å²) in [7, 11) is 0.923. The van der Waals surface area contributed by atoms with Crippen molar-refractivity contribution in [2.24, 2.45) is 0 Å². The van der Waals surface area contributed by atoms with Crippen molar-refractivity contribution in [3.63, 3.8) is 0 Å². The highest BCUT2D eigenvalue weighted by atomic mass is 19.4. The van der Waals surface area contributed by atoms with Crippen molar-refractivity contribution in [2.75, 3.05) is 7.11 Å². The van der Waals surface area contributed by atoms with Crippen molar-refractivity contribution in [1.29, 1.82) is 0 Å². The zero-order valence-corrected chi connectivity index (χ0v) is 18.9. The van der Waals surface area contributed by atoms with Crippen molar-refractivity contribution >= 4 is 6.09 Å². The number of carbonyl (C=O) groups excluding carboxylic acids is 1. The van der Waals surface area contributed by atoms with Crippen molar-refractivity contribution in [3.05, 3.63) is 94.5 Å². The molecule has 3 aromatic carbocycles. The largest absolute Gasteiger partial charge is 0.453 e. The Labute approximate surface area is 205 Å². The van der Waals surface area contributed by atoms with E-state index in [-0.39, 0.29) is 17.2 Å². The Morgan fingerprint density at radius 1 is 0.703 bits per heavy atom. The molecule has 0 aliphatic carbocycles. The number of halogens is 9. The first-order valence-electron chi connectivity index (χ1n) is 10.5. The Kier molecular flexibility index (Phi) is 7.80. The molecule has 0 heterocycles. The number of alkyl halides is 9. The Bertz CT molecular complexity index is 1220. The van der Waals surface area contributed by atoms with Crippen LogP contribution in [0.4, 0.5) is 44.3 Å². The first-order valence-corrected chi connectivity index (χ1v) is 10.5. The number of hydrogen-bond donors (Lipinski definition) is 0. The molecule has 0 bridgehead atoms. The lowest BCUT2D eigenvalue weighted by atomic mass is 9.96. The smallest absolute Gasteiger partial charge is 0.416 e. The van der Waals surface area contributed by atoms with Gasteiger partial charge < -0.3 is 4.74 Å². The molecular formula is C25H18F9NO2. The summed E-state index contributed by atoms with van der Waals surface area (Å²) in [6, 6.07) is 11.7. The lowest BCUT2D eigenvalue weighted by Gasteiger charge is -2.24. The molecule has 3 rings (SSSR count). The zero-order chi connectivity index (χ0) is 27.6. The van der Waals surface area contributed by atoms with Crippen molar-refractivity contribution in [2.45, 2.75) is 31.6 Å². The summed E-state index contributed by atoms with van der Waals surface area (Å²) in [5.41, 5.74) is -4.06. The van der Waals surface area contributed by atoms with Crippen molar-refractivity contribution < 1.29 is 49.0 Å². The van der Waals surface area contributed by atoms with Crippen LogP contribution in [0.3, 0.4) is 0 Å². The van der Waals surface area contributed by atoms with Crippen LogP contribution in [0.15, 0.2) is 66.7 Å². The standard InChI is InChI=1S/C25H18F9NO2/c1-37-22(36)35(13-15-9-19(24(29,30)31)12-20(10-15)25(32,33)34)14-17-11-18(23(26,27)28)7-8-21(17)16-5-3-2-4-6-16/h2-12H,13-14H2,1H3. The monoisotopic (exact) mass is 535 g/mol. The van der Waals surface area contributed by atoms with Gasteiger partial charge in [0.15, 0.2) is 0 Å². The Morgan fingerprint density at radius 2 is 1.24 bits per heavy atom. The number of ether oxygens (including phenoxy) is 1. The van der Waals surface area contributed by atoms with Gasteiger partial charge in [-0.3, -0.25) is 4.90 Å². The van der Waals surface area contributed by atoms with Crippen LogP contribution in [0.25, 0.3) is 11.1 Å². The molecule has 0 aliphatic heterocycles. The van der Waals surface area contributed by atoms with E-state index in [9.17, 15) is 44.3 Å². The van der Waals surface area contributed by atoms with Gasteiger partial charge in [0.25, 0.3) is 0 Å². The second kappa shape index (κ2) is 10.3. The van der Waals surface area contributed by atoms with Gasteiger partial charge >= 0.3 is 24.6 Å². The van der Waals surface area contributed by atoms with Gasteiger partial charge in [-0.05, 0) is 52.6 Å². The quantitative estimate of drug-likeness (QED) is 0.309. The Hall–Kier alpha value is -3.70. The molecule has 0 radical (unpaired) electrons. The van der Waals surface area contributed by atoms with E-state index in [1.54, 1.807) is 30.3 Å². The SMILES string of the molecule is COC(=O)N(Cc1cc(C(F)(F)F)cc(C(F)(F)F)c1)Cc1cc(C(F)(F)F)ccc1-c1ccccc1. The molecule has 37 heavy (non-hydrogen) atoms. The number of hydrogen-bond acceptors (Lipinski definition) is 2. The van der Waals surface area contributed by atoms with E-state index in [1.165, 1.54) is 6.07 Å². The maximum absolute atomic E-state index is 13.4. The fourth-order valence-corrected chi connectivity index (χ4v) is 3.65. The Morgan fingerprint density at radius 3 is 1.73 bits per heavy atom. The van der Waals surface area contributed by atoms with Crippen LogP contribution >= 0.6 is 0 Å². The fraction of sp³-hybridized carbons (Fsp3) is 0.240. The second-order valence-electron chi connectivity index (χ2n) is 7.98. The number of carbonyl (C=O) groups is 1. The molecule has 12 heteroatoms. The van der Waals surface area contributed by atoms with Gasteiger partial charge in [-0.2, -0.15) is 39.5 Å². The average molecular weight is 535 g/mol. The topological polar surface area (TPSA) is 29.5 Å². The lowest BCUT2D eigenvalue weighted by molar-refractivity contribution is -0.143. The minimum Gasteiger partial charge on any atom is -0.453 e. The summed E-state index contributed by atoms with van der Waals surface area (Å²) < 4.78 is 124. The van der Waals surface area contributed by atoms with Crippen molar-refractivity contribution in [3.8, 4) is 11.1 Å². The van der Waals surface area contributed by atoms with E-state index in [4.69, 9.17) is 0 Å². The van der Waals surface area contributed by atoms with E-state index in [0.717, 1.165) is 24.1 Å². The van der Waals surface area contributed by atoms with E-state index in [1.807, 2.05) is 0 Å². The van der Waals surface area contributed by atoms with Crippen LogP contribution in [-0.2, 0) is 36.4 Å². The van der Waals surface area contributed by atoms with Crippen LogP contribution in [0, 0.1) is 0 Å². The van der Waals surface area contributed by atoms with Crippen LogP contribution < -0.4 is 0 Å². The van der Waals surface area contributed by atoms with Gasteiger partial charge in [0, 0.05) is 13.1 Å². The normalized spacial score (nSPS) is 12.4. The highest BCUT2D eigenvalue weighted by Gasteiger charge is 2.37. The number of rotatable bonds is 5. The van der Waals surface area contributed by atoms with Gasteiger partial charge in [-0.15, -0.1) is 0 Å². The number of benzene rings is 3. The van der Waals surface area contributed by atoms with Crippen molar-refractivity contribution in [1.82, 2.24) is 4.90 Å². The minimum atomic E-state index is -5.12. The first kappa shape index (κ1) is 27.9. The van der Waals surface area contributed by atoms with E-state index in [0.29, 0.717) is 17.7 Å². The molecule has 0 atom stereocenters. The van der Waals surface area contributed by atoms with Crippen LogP contribution in [-0.4, -0.2) is 18.1 Å². The maximum atomic E-state index is 13.4. The molecule has 0 aliphatic rings. The lowest BCUT2D eigenvalue weighted by Crippen LogP contribution is -2.30. The third-order valence-electron chi connectivity index (χ3n) is 5.33. The van der Waals surface area contributed by atoms with Gasteiger partial charge in [-0.1, -0.05) is 36.4 Å². The van der Waals surface area contributed by atoms with Crippen LogP contribution in [0.1, 0.15) is 27.8 Å². The molecule has 3 nitrogen and oxygen atoms in total. The highest BCUT2D eigenvalue weighted by Crippen LogP contribution is 2.37. The average Bonchev–Trinajstić information content (AvgIpc) is 2.81. The van der Waals surface area contributed by atoms with E-state index in [2.05, 4.69) is 4.74 Å². The molecule has 1 amide bonds. The molecule has 0 N–H and O–H groups in total. The van der Waals surface area contributed by atoms with Crippen LogP contribution in [0.2, 0.25) is 0 Å². The summed E-state index contributed by atoms with van der Waals surface area (Å²) in [6.07, 6.45) is -16.1. The number of amides is 1. The third-order valence-corrected chi connectivity index (χ3v) is 5.33. The minimum absolute atomic E-state index is 0.0468. The molecule has 198 valence electrons. The van der Waals surface area contributed by atoms with Gasteiger partial charge in [0.1, 0.15) is 0 Å². The van der Waals surface area contributed by atoms with E-state index >= 15 is 0 Å². The molecule has 0 saturated heterocycles. The summed E-state index contributed by atoms with van der Waals surface area (Å²) in [5.74, 6) is 0. The zero-order valence-electron chi connectivity index (χ0n) is 18.9. The Balaban J connectivity index is 2.09. The second-order valence-corrected chi connectivity index (χ2v) is 7.98. The number of nitrogens with zero attached hydrogens (tertiary/aromatic N) is 1. The fourth-order valence-electron chi connectivity index (χ4n) is 3.65. The molecule has 3 aromatic rings. The molecular weight excluding hydrogens is 517 g/mol. The molecule has 0 aromatic heterocycles. The summed E-state index contributed by atoms with van der Waals surface area (Å²) in [4.78, 5) is 13.2. The summed E-state index contributed by atoms with van der Waals surface area (Å²) in [6.45, 7) is -1.40. The van der Waals surface area contributed by atoms with Gasteiger partial charge in [0.2, 0.25) is 0 Å².